The maximum atomic E-state index is 13.2. The third-order valence-electron chi connectivity index (χ3n) is 5.90. The fourth-order valence-electron chi connectivity index (χ4n) is 3.93. The smallest absolute Gasteiger partial charge is 0.252 e. The van der Waals surface area contributed by atoms with Gasteiger partial charge in [-0.05, 0) is 61.1 Å². The number of carbonyl (C=O) groups excluding carboxylic acids is 1. The predicted molar refractivity (Wildman–Crippen MR) is 137 cm³/mol. The number of amides is 1. The molecule has 0 aliphatic heterocycles. The number of carbonyl (C=O) groups is 1. The zero-order chi connectivity index (χ0) is 23.2. The summed E-state index contributed by atoms with van der Waals surface area (Å²) in [6, 6.07) is 28.4. The highest BCUT2D eigenvalue weighted by Gasteiger charge is 2.15. The highest BCUT2D eigenvalue weighted by atomic mass is 16.1. The van der Waals surface area contributed by atoms with Gasteiger partial charge in [-0.3, -0.25) is 4.79 Å². The van der Waals surface area contributed by atoms with Crippen LogP contribution in [-0.2, 0) is 6.42 Å². The van der Waals surface area contributed by atoms with Gasteiger partial charge < -0.3 is 10.6 Å². The number of fused-ring (bicyclic) bond motifs is 1. The number of nitrogens with zero attached hydrogens (tertiary/aromatic N) is 1. The molecule has 2 N–H and O–H groups in total. The van der Waals surface area contributed by atoms with Crippen LogP contribution in [0.3, 0.4) is 0 Å². The second-order valence-corrected chi connectivity index (χ2v) is 8.87. The van der Waals surface area contributed by atoms with Crippen molar-refractivity contribution < 1.29 is 4.79 Å². The molecule has 1 amide bonds. The van der Waals surface area contributed by atoms with Gasteiger partial charge in [0.25, 0.3) is 5.91 Å². The van der Waals surface area contributed by atoms with Gasteiger partial charge in [-0.2, -0.15) is 0 Å². The molecule has 0 aliphatic carbocycles. The molecule has 1 aromatic heterocycles. The molecule has 0 spiro atoms. The Bertz CT molecular complexity index is 1220. The molecule has 4 nitrogen and oxygen atoms in total. The first-order chi connectivity index (χ1) is 16.0. The predicted octanol–water partition coefficient (Wildman–Crippen LogP) is 6.85. The summed E-state index contributed by atoms with van der Waals surface area (Å²) in [4.78, 5) is 18.0. The first kappa shape index (κ1) is 22.5. The maximum absolute atomic E-state index is 13.2. The van der Waals surface area contributed by atoms with Gasteiger partial charge in [0, 0.05) is 17.1 Å². The highest BCUT2D eigenvalue weighted by Crippen LogP contribution is 2.25. The van der Waals surface area contributed by atoms with Gasteiger partial charge in [0.15, 0.2) is 0 Å². The van der Waals surface area contributed by atoms with Gasteiger partial charge in [0.1, 0.15) is 5.82 Å². The summed E-state index contributed by atoms with van der Waals surface area (Å²) in [5, 5.41) is 7.39. The molecule has 3 aromatic carbocycles. The molecule has 0 fully saturated rings. The van der Waals surface area contributed by atoms with E-state index in [9.17, 15) is 4.79 Å². The summed E-state index contributed by atoms with van der Waals surface area (Å²) in [5.41, 5.74) is 4.95. The molecule has 0 saturated carbocycles. The Kier molecular flexibility index (Phi) is 7.04. The number of aromatic nitrogens is 1. The normalized spacial score (nSPS) is 12.0. The largest absolute Gasteiger partial charge is 0.350 e. The lowest BCUT2D eigenvalue weighted by Gasteiger charge is -2.16. The van der Waals surface area contributed by atoms with Crippen molar-refractivity contribution in [2.45, 2.75) is 45.6 Å². The lowest BCUT2D eigenvalue weighted by Crippen LogP contribution is -2.33. The number of benzene rings is 3. The molecule has 0 saturated heterocycles. The van der Waals surface area contributed by atoms with E-state index in [-0.39, 0.29) is 11.9 Å². The standard InChI is InChI=1S/C29H31N3O/c1-20(2)23-15-17-24(18-16-23)31-28-19-26(25-11-7-8-12-27(25)32-28)29(33)30-21(3)13-14-22-9-5-4-6-10-22/h4-12,15-21H,13-14H2,1-3H3,(H,30,33)(H,31,32). The van der Waals surface area contributed by atoms with E-state index in [1.54, 1.807) is 0 Å². The molecular weight excluding hydrogens is 406 g/mol. The van der Waals surface area contributed by atoms with E-state index in [2.05, 4.69) is 67.8 Å². The Labute approximate surface area is 196 Å². The number of rotatable bonds is 8. The number of hydrogen-bond donors (Lipinski definition) is 2. The Morgan fingerprint density at radius 3 is 2.30 bits per heavy atom. The Hall–Kier alpha value is -3.66. The minimum atomic E-state index is -0.0765. The SMILES string of the molecule is CC(CCc1ccccc1)NC(=O)c1cc(Nc2ccc(C(C)C)cc2)nc2ccccc12. The number of anilines is 2. The van der Waals surface area contributed by atoms with Crippen molar-refractivity contribution in [2.24, 2.45) is 0 Å². The number of pyridine rings is 1. The van der Waals surface area contributed by atoms with Crippen LogP contribution in [0.15, 0.2) is 84.9 Å². The lowest BCUT2D eigenvalue weighted by molar-refractivity contribution is 0.0940. The zero-order valence-corrected chi connectivity index (χ0v) is 19.5. The first-order valence-electron chi connectivity index (χ1n) is 11.6. The Morgan fingerprint density at radius 2 is 1.58 bits per heavy atom. The van der Waals surface area contributed by atoms with E-state index >= 15 is 0 Å². The van der Waals surface area contributed by atoms with E-state index in [1.165, 1.54) is 11.1 Å². The van der Waals surface area contributed by atoms with Crippen molar-refractivity contribution in [1.82, 2.24) is 10.3 Å². The van der Waals surface area contributed by atoms with Gasteiger partial charge in [0.2, 0.25) is 0 Å². The summed E-state index contributed by atoms with van der Waals surface area (Å²) in [7, 11) is 0. The van der Waals surface area contributed by atoms with Crippen LogP contribution in [0.5, 0.6) is 0 Å². The Morgan fingerprint density at radius 1 is 0.879 bits per heavy atom. The summed E-state index contributed by atoms with van der Waals surface area (Å²) < 4.78 is 0. The maximum Gasteiger partial charge on any atom is 0.252 e. The monoisotopic (exact) mass is 437 g/mol. The van der Waals surface area contributed by atoms with Crippen molar-refractivity contribution in [3.05, 3.63) is 102 Å². The highest BCUT2D eigenvalue weighted by molar-refractivity contribution is 6.07. The van der Waals surface area contributed by atoms with E-state index in [0.717, 1.165) is 29.4 Å². The van der Waals surface area contributed by atoms with Crippen LogP contribution < -0.4 is 10.6 Å². The first-order valence-corrected chi connectivity index (χ1v) is 11.6. The van der Waals surface area contributed by atoms with Crippen LogP contribution in [0.25, 0.3) is 10.9 Å². The van der Waals surface area contributed by atoms with Crippen molar-refractivity contribution in [1.29, 1.82) is 0 Å². The summed E-state index contributed by atoms with van der Waals surface area (Å²) >= 11 is 0. The van der Waals surface area contributed by atoms with Crippen LogP contribution >= 0.6 is 0 Å². The van der Waals surface area contributed by atoms with Gasteiger partial charge in [-0.25, -0.2) is 4.98 Å². The van der Waals surface area contributed by atoms with Crippen molar-refractivity contribution >= 4 is 28.3 Å². The van der Waals surface area contributed by atoms with Crippen LogP contribution in [0.4, 0.5) is 11.5 Å². The summed E-state index contributed by atoms with van der Waals surface area (Å²) in [6.07, 6.45) is 1.81. The number of hydrogen-bond acceptors (Lipinski definition) is 3. The molecule has 0 radical (unpaired) electrons. The van der Waals surface area contributed by atoms with Crippen molar-refractivity contribution in [3.8, 4) is 0 Å². The van der Waals surface area contributed by atoms with Crippen LogP contribution in [0.1, 0.15) is 54.6 Å². The van der Waals surface area contributed by atoms with Crippen molar-refractivity contribution in [2.75, 3.05) is 5.32 Å². The minimum absolute atomic E-state index is 0.0598. The quantitative estimate of drug-likeness (QED) is 0.317. The van der Waals surface area contributed by atoms with Crippen LogP contribution in [0.2, 0.25) is 0 Å². The Balaban J connectivity index is 1.52. The van der Waals surface area contributed by atoms with Gasteiger partial charge in [-0.15, -0.1) is 0 Å². The topological polar surface area (TPSA) is 54.0 Å². The third-order valence-corrected chi connectivity index (χ3v) is 5.90. The molecule has 1 atom stereocenters. The van der Waals surface area contributed by atoms with Crippen LogP contribution in [-0.4, -0.2) is 16.9 Å². The molecule has 4 aromatic rings. The lowest BCUT2D eigenvalue weighted by atomic mass is 10.0. The van der Waals surface area contributed by atoms with E-state index in [4.69, 9.17) is 4.98 Å². The number of para-hydroxylation sites is 1. The fourth-order valence-corrected chi connectivity index (χ4v) is 3.93. The van der Waals surface area contributed by atoms with Crippen LogP contribution in [0, 0.1) is 0 Å². The van der Waals surface area contributed by atoms with Gasteiger partial charge >= 0.3 is 0 Å². The minimum Gasteiger partial charge on any atom is -0.350 e. The molecule has 4 rings (SSSR count). The second-order valence-electron chi connectivity index (χ2n) is 8.87. The number of aryl methyl sites for hydroxylation is 1. The van der Waals surface area contributed by atoms with E-state index in [1.807, 2.05) is 48.5 Å². The second kappa shape index (κ2) is 10.3. The molecule has 1 unspecified atom stereocenters. The molecule has 0 aliphatic rings. The summed E-state index contributed by atoms with van der Waals surface area (Å²) in [5.74, 6) is 1.07. The average molecular weight is 438 g/mol. The van der Waals surface area contributed by atoms with E-state index in [0.29, 0.717) is 17.3 Å². The molecule has 168 valence electrons. The number of nitrogens with one attached hydrogen (secondary N) is 2. The molecular formula is C29H31N3O. The molecule has 33 heavy (non-hydrogen) atoms. The van der Waals surface area contributed by atoms with E-state index < -0.39 is 0 Å². The molecule has 4 heteroatoms. The zero-order valence-electron chi connectivity index (χ0n) is 19.5. The average Bonchev–Trinajstić information content (AvgIpc) is 2.83. The van der Waals surface area contributed by atoms with Gasteiger partial charge in [-0.1, -0.05) is 74.5 Å². The molecule has 1 heterocycles. The third kappa shape index (κ3) is 5.78. The van der Waals surface area contributed by atoms with Gasteiger partial charge in [0.05, 0.1) is 11.1 Å². The summed E-state index contributed by atoms with van der Waals surface area (Å²) in [6.45, 7) is 6.41. The molecule has 0 bridgehead atoms. The van der Waals surface area contributed by atoms with Crippen molar-refractivity contribution in [3.63, 3.8) is 0 Å². The fraction of sp³-hybridized carbons (Fsp3) is 0.241.